The molecule has 1 saturated heterocycles. The Balaban J connectivity index is 1.42. The van der Waals surface area contributed by atoms with Crippen LogP contribution in [0.25, 0.3) is 0 Å². The fraction of sp³-hybridized carbons (Fsp3) is 0.500. The summed E-state index contributed by atoms with van der Waals surface area (Å²) in [7, 11) is 0. The second-order valence-electron chi connectivity index (χ2n) is 6.25. The number of rotatable bonds is 6. The van der Waals surface area contributed by atoms with E-state index in [1.807, 2.05) is 21.9 Å². The van der Waals surface area contributed by atoms with Gasteiger partial charge in [-0.25, -0.2) is 0 Å². The van der Waals surface area contributed by atoms with E-state index in [1.54, 1.807) is 28.4 Å². The molecule has 3 rings (SSSR count). The van der Waals surface area contributed by atoms with Gasteiger partial charge in [-0.2, -0.15) is 5.10 Å². The summed E-state index contributed by atoms with van der Waals surface area (Å²) in [4.78, 5) is 29.9. The van der Waals surface area contributed by atoms with Crippen molar-refractivity contribution >= 4 is 23.2 Å². The molecule has 6 nitrogen and oxygen atoms in total. The number of nitrogens with zero attached hydrogens (tertiary/aromatic N) is 4. The number of amides is 2. The maximum atomic E-state index is 12.4. The summed E-state index contributed by atoms with van der Waals surface area (Å²) >= 11 is 1.74. The van der Waals surface area contributed by atoms with Crippen molar-refractivity contribution in [2.45, 2.75) is 32.2 Å². The van der Waals surface area contributed by atoms with Crippen LogP contribution in [0.15, 0.2) is 36.0 Å². The first-order chi connectivity index (χ1) is 12.2. The molecule has 0 aliphatic carbocycles. The summed E-state index contributed by atoms with van der Waals surface area (Å²) in [6, 6.07) is 5.97. The average molecular weight is 360 g/mol. The molecule has 3 heterocycles. The molecule has 0 N–H and O–H groups in total. The lowest BCUT2D eigenvalue weighted by Gasteiger charge is -2.22. The normalized spacial score (nSPS) is 15.2. The maximum Gasteiger partial charge on any atom is 0.244 e. The number of aromatic nitrogens is 2. The standard InChI is InChI=1S/C18H24N4O2S/c23-17(7-1-5-16-6-2-14-25-16)20-9-4-10-21(13-12-20)18(24)15-22-11-3-8-19-22/h2-3,6,8,11,14H,1,4-5,7,9-10,12-13,15H2. The van der Waals surface area contributed by atoms with Gasteiger partial charge in [-0.15, -0.1) is 11.3 Å². The van der Waals surface area contributed by atoms with Crippen LogP contribution in [-0.2, 0) is 22.6 Å². The largest absolute Gasteiger partial charge is 0.341 e. The van der Waals surface area contributed by atoms with E-state index >= 15 is 0 Å². The van der Waals surface area contributed by atoms with E-state index in [2.05, 4.69) is 16.5 Å². The Bertz CT molecular complexity index is 669. The second-order valence-corrected chi connectivity index (χ2v) is 7.28. The number of hydrogen-bond acceptors (Lipinski definition) is 4. The van der Waals surface area contributed by atoms with Crippen LogP contribution in [0.3, 0.4) is 0 Å². The highest BCUT2D eigenvalue weighted by Gasteiger charge is 2.21. The van der Waals surface area contributed by atoms with Crippen molar-refractivity contribution in [3.05, 3.63) is 40.8 Å². The predicted molar refractivity (Wildman–Crippen MR) is 97.3 cm³/mol. The quantitative estimate of drug-likeness (QED) is 0.792. The molecule has 7 heteroatoms. The third-order valence-electron chi connectivity index (χ3n) is 4.45. The molecular formula is C18H24N4O2S. The lowest BCUT2D eigenvalue weighted by molar-refractivity contribution is -0.134. The minimum atomic E-state index is 0.0655. The van der Waals surface area contributed by atoms with Crippen molar-refractivity contribution in [2.24, 2.45) is 0 Å². The van der Waals surface area contributed by atoms with Gasteiger partial charge in [0.05, 0.1) is 0 Å². The molecule has 1 aliphatic rings. The van der Waals surface area contributed by atoms with Crippen molar-refractivity contribution in [2.75, 3.05) is 26.2 Å². The molecule has 0 radical (unpaired) electrons. The molecule has 134 valence electrons. The highest BCUT2D eigenvalue weighted by molar-refractivity contribution is 7.09. The molecule has 2 aromatic rings. The van der Waals surface area contributed by atoms with Gasteiger partial charge < -0.3 is 9.80 Å². The average Bonchev–Trinajstić information content (AvgIpc) is 3.24. The Labute approximate surface area is 152 Å². The molecule has 0 bridgehead atoms. The van der Waals surface area contributed by atoms with Gasteiger partial charge in [-0.05, 0) is 36.8 Å². The van der Waals surface area contributed by atoms with Crippen LogP contribution in [0, 0.1) is 0 Å². The molecular weight excluding hydrogens is 336 g/mol. The Morgan fingerprint density at radius 2 is 1.88 bits per heavy atom. The highest BCUT2D eigenvalue weighted by Crippen LogP contribution is 2.13. The molecule has 1 fully saturated rings. The molecule has 2 aromatic heterocycles. The molecule has 0 saturated carbocycles. The first-order valence-electron chi connectivity index (χ1n) is 8.78. The second kappa shape index (κ2) is 8.80. The van der Waals surface area contributed by atoms with E-state index in [1.165, 1.54) is 4.88 Å². The summed E-state index contributed by atoms with van der Waals surface area (Å²) < 4.78 is 1.64. The number of thiophene rings is 1. The lowest BCUT2D eigenvalue weighted by Crippen LogP contribution is -2.38. The zero-order valence-electron chi connectivity index (χ0n) is 14.3. The molecule has 25 heavy (non-hydrogen) atoms. The Morgan fingerprint density at radius 3 is 2.56 bits per heavy atom. The number of carbonyl (C=O) groups excluding carboxylic acids is 2. The van der Waals surface area contributed by atoms with Crippen molar-refractivity contribution in [3.63, 3.8) is 0 Å². The van der Waals surface area contributed by atoms with Crippen molar-refractivity contribution < 1.29 is 9.59 Å². The van der Waals surface area contributed by atoms with Crippen LogP contribution in [0.1, 0.15) is 24.1 Å². The van der Waals surface area contributed by atoms with Crippen molar-refractivity contribution in [3.8, 4) is 0 Å². The Morgan fingerprint density at radius 1 is 1.08 bits per heavy atom. The van der Waals surface area contributed by atoms with E-state index < -0.39 is 0 Å². The van der Waals surface area contributed by atoms with Crippen LogP contribution >= 0.6 is 11.3 Å². The van der Waals surface area contributed by atoms with E-state index in [-0.39, 0.29) is 18.4 Å². The third kappa shape index (κ3) is 5.16. The topological polar surface area (TPSA) is 58.4 Å². The number of hydrogen-bond donors (Lipinski definition) is 0. The van der Waals surface area contributed by atoms with Crippen LogP contribution in [-0.4, -0.2) is 57.6 Å². The van der Waals surface area contributed by atoms with Gasteiger partial charge in [0, 0.05) is 49.9 Å². The molecule has 0 aromatic carbocycles. The van der Waals surface area contributed by atoms with Crippen LogP contribution in [0.5, 0.6) is 0 Å². The molecule has 2 amide bonds. The van der Waals surface area contributed by atoms with Crippen molar-refractivity contribution in [1.29, 1.82) is 0 Å². The minimum Gasteiger partial charge on any atom is -0.341 e. The highest BCUT2D eigenvalue weighted by atomic mass is 32.1. The SMILES string of the molecule is O=C(CCCc1cccs1)N1CCCN(C(=O)Cn2cccn2)CC1. The first kappa shape index (κ1) is 17.7. The van der Waals surface area contributed by atoms with Gasteiger partial charge in [0.15, 0.2) is 0 Å². The maximum absolute atomic E-state index is 12.4. The minimum absolute atomic E-state index is 0.0655. The molecule has 0 unspecified atom stereocenters. The molecule has 1 aliphatic heterocycles. The number of aryl methyl sites for hydroxylation is 1. The zero-order valence-corrected chi connectivity index (χ0v) is 15.2. The fourth-order valence-electron chi connectivity index (χ4n) is 3.08. The van der Waals surface area contributed by atoms with E-state index in [4.69, 9.17) is 0 Å². The van der Waals surface area contributed by atoms with Crippen LogP contribution in [0.4, 0.5) is 0 Å². The lowest BCUT2D eigenvalue weighted by atomic mass is 10.2. The summed E-state index contributed by atoms with van der Waals surface area (Å²) in [6.45, 7) is 2.95. The smallest absolute Gasteiger partial charge is 0.244 e. The Kier molecular flexibility index (Phi) is 6.22. The van der Waals surface area contributed by atoms with Gasteiger partial charge in [-0.1, -0.05) is 6.07 Å². The van der Waals surface area contributed by atoms with Gasteiger partial charge in [0.2, 0.25) is 11.8 Å². The Hall–Kier alpha value is -2.15. The van der Waals surface area contributed by atoms with E-state index in [0.717, 1.165) is 25.8 Å². The molecule has 0 spiro atoms. The zero-order chi connectivity index (χ0) is 17.5. The van der Waals surface area contributed by atoms with Gasteiger partial charge >= 0.3 is 0 Å². The fourth-order valence-corrected chi connectivity index (χ4v) is 3.83. The van der Waals surface area contributed by atoms with Gasteiger partial charge in [-0.3, -0.25) is 14.3 Å². The van der Waals surface area contributed by atoms with Gasteiger partial charge in [0.25, 0.3) is 0 Å². The van der Waals surface area contributed by atoms with Crippen LogP contribution < -0.4 is 0 Å². The third-order valence-corrected chi connectivity index (χ3v) is 5.39. The summed E-state index contributed by atoms with van der Waals surface area (Å²) in [5.74, 6) is 0.272. The van der Waals surface area contributed by atoms with Crippen LogP contribution in [0.2, 0.25) is 0 Å². The van der Waals surface area contributed by atoms with E-state index in [9.17, 15) is 9.59 Å². The monoisotopic (exact) mass is 360 g/mol. The predicted octanol–water partition coefficient (Wildman–Crippen LogP) is 2.03. The summed E-state index contributed by atoms with van der Waals surface area (Å²) in [6.07, 6.45) is 6.73. The van der Waals surface area contributed by atoms with Gasteiger partial charge in [0.1, 0.15) is 6.54 Å². The summed E-state index contributed by atoms with van der Waals surface area (Å²) in [5, 5.41) is 6.15. The number of carbonyl (C=O) groups is 2. The van der Waals surface area contributed by atoms with E-state index in [0.29, 0.717) is 26.1 Å². The molecule has 0 atom stereocenters. The van der Waals surface area contributed by atoms with Crippen molar-refractivity contribution in [1.82, 2.24) is 19.6 Å². The summed E-state index contributed by atoms with van der Waals surface area (Å²) in [5.41, 5.74) is 0. The first-order valence-corrected chi connectivity index (χ1v) is 9.66.